The van der Waals surface area contributed by atoms with Gasteiger partial charge in [-0.3, -0.25) is 0 Å². The Morgan fingerprint density at radius 3 is 2.67 bits per heavy atom. The van der Waals surface area contributed by atoms with Crippen molar-refractivity contribution in [1.82, 2.24) is 14.3 Å². The number of nitrogens with one attached hydrogen (secondary N) is 1. The second kappa shape index (κ2) is 5.32. The van der Waals surface area contributed by atoms with Crippen molar-refractivity contribution in [3.63, 3.8) is 0 Å². The Kier molecular flexibility index (Phi) is 3.78. The molecule has 1 aromatic carbocycles. The van der Waals surface area contributed by atoms with Crippen molar-refractivity contribution in [2.24, 2.45) is 0 Å². The minimum Gasteiger partial charge on any atom is -0.330 e. The first-order chi connectivity index (χ1) is 8.62. The van der Waals surface area contributed by atoms with Gasteiger partial charge in [-0.05, 0) is 0 Å². The lowest BCUT2D eigenvalue weighted by Gasteiger charge is -2.07. The van der Waals surface area contributed by atoms with E-state index in [0.29, 0.717) is 6.54 Å². The molecule has 2 aromatic rings. The summed E-state index contributed by atoms with van der Waals surface area (Å²) >= 11 is 0. The summed E-state index contributed by atoms with van der Waals surface area (Å²) in [7, 11) is 1.52. The van der Waals surface area contributed by atoms with Crippen LogP contribution < -0.4 is 4.72 Å². The zero-order valence-electron chi connectivity index (χ0n) is 9.65. The quantitative estimate of drug-likeness (QED) is 0.823. The number of sulfonamides is 1. The largest absolute Gasteiger partial charge is 0.330 e. The van der Waals surface area contributed by atoms with Crippen molar-refractivity contribution < 1.29 is 8.42 Å². The van der Waals surface area contributed by atoms with E-state index in [-0.39, 0.29) is 5.75 Å². The van der Waals surface area contributed by atoms with Gasteiger partial charge in [0.1, 0.15) is 5.82 Å². The van der Waals surface area contributed by atoms with Gasteiger partial charge in [-0.25, -0.2) is 18.1 Å². The second-order valence-corrected chi connectivity index (χ2v) is 5.62. The molecule has 0 bridgehead atoms. The summed E-state index contributed by atoms with van der Waals surface area (Å²) in [4.78, 5) is 4.23. The van der Waals surface area contributed by atoms with Gasteiger partial charge in [-0.1, -0.05) is 30.3 Å². The minimum absolute atomic E-state index is 0.0836. The number of hydrogen-bond donors (Lipinski definition) is 1. The van der Waals surface area contributed by atoms with Crippen molar-refractivity contribution in [2.45, 2.75) is 6.54 Å². The smallest absolute Gasteiger partial charge is 0.213 e. The number of aryl methyl sites for hydroxylation is 1. The third-order valence-corrected chi connectivity index (χ3v) is 3.61. The highest BCUT2D eigenvalue weighted by atomic mass is 32.2. The Balaban J connectivity index is 2.19. The topological polar surface area (TPSA) is 64.0 Å². The fourth-order valence-electron chi connectivity index (χ4n) is 1.61. The Morgan fingerprint density at radius 2 is 2.00 bits per heavy atom. The van der Waals surface area contributed by atoms with Crippen molar-refractivity contribution in [3.05, 3.63) is 49.8 Å². The van der Waals surface area contributed by atoms with Gasteiger partial charge >= 0.3 is 0 Å². The number of hydrogen-bond acceptors (Lipinski definition) is 3. The molecule has 2 radical (unpaired) electrons. The lowest BCUT2D eigenvalue weighted by molar-refractivity contribution is 0.583. The molecule has 0 fully saturated rings. The summed E-state index contributed by atoms with van der Waals surface area (Å²) in [6, 6.07) is 9.59. The average molecular weight is 263 g/mol. The highest BCUT2D eigenvalue weighted by molar-refractivity contribution is 7.89. The Morgan fingerprint density at radius 1 is 1.28 bits per heavy atom. The van der Waals surface area contributed by atoms with Crippen molar-refractivity contribution in [1.29, 1.82) is 0 Å². The Bertz CT molecular complexity index is 605. The summed E-state index contributed by atoms with van der Waals surface area (Å²) in [5.74, 6) is 0.655. The maximum absolute atomic E-state index is 11.3. The maximum atomic E-state index is 11.3. The third-order valence-electron chi connectivity index (χ3n) is 2.53. The molecule has 1 N–H and O–H groups in total. The molecule has 5 nitrogen and oxygen atoms in total. The highest BCUT2D eigenvalue weighted by Crippen LogP contribution is 2.16. The minimum atomic E-state index is -3.42. The fraction of sp³-hybridized carbons (Fsp3) is 0.167. The molecule has 6 heteroatoms. The van der Waals surface area contributed by atoms with Crippen molar-refractivity contribution in [3.8, 4) is 11.4 Å². The van der Waals surface area contributed by atoms with E-state index in [0.717, 1.165) is 11.4 Å². The fourth-order valence-corrected chi connectivity index (χ4v) is 2.17. The van der Waals surface area contributed by atoms with E-state index in [1.54, 1.807) is 21.7 Å². The zero-order valence-corrected chi connectivity index (χ0v) is 10.5. The van der Waals surface area contributed by atoms with Crippen LogP contribution in [0.25, 0.3) is 11.4 Å². The number of nitrogens with zero attached hydrogens (tertiary/aromatic N) is 2. The van der Waals surface area contributed by atoms with Crippen molar-refractivity contribution in [2.75, 3.05) is 5.75 Å². The number of benzene rings is 1. The van der Waals surface area contributed by atoms with Crippen LogP contribution in [-0.2, 0) is 16.6 Å². The van der Waals surface area contributed by atoms with Gasteiger partial charge in [-0.2, -0.15) is 0 Å². The van der Waals surface area contributed by atoms with E-state index < -0.39 is 10.0 Å². The SMILES string of the molecule is [CH]NS(=O)(=O)CCn1ccnc1-c1ccccc1. The molecule has 0 saturated carbocycles. The van der Waals surface area contributed by atoms with E-state index in [4.69, 9.17) is 7.05 Å². The summed E-state index contributed by atoms with van der Waals surface area (Å²) < 4.78 is 26.1. The molecule has 0 atom stereocenters. The molecule has 94 valence electrons. The van der Waals surface area contributed by atoms with Gasteiger partial charge < -0.3 is 4.57 Å². The molecule has 1 aromatic heterocycles. The zero-order chi connectivity index (χ0) is 13.0. The molecule has 0 amide bonds. The summed E-state index contributed by atoms with van der Waals surface area (Å²) in [5, 5.41) is 0. The van der Waals surface area contributed by atoms with Crippen LogP contribution in [0.1, 0.15) is 0 Å². The molecule has 1 heterocycles. The van der Waals surface area contributed by atoms with Gasteiger partial charge in [-0.15, -0.1) is 0 Å². The Hall–Kier alpha value is -1.66. The number of aromatic nitrogens is 2. The van der Waals surface area contributed by atoms with Crippen LogP contribution in [0.3, 0.4) is 0 Å². The molecule has 0 aliphatic heterocycles. The first-order valence-electron chi connectivity index (χ1n) is 5.39. The van der Waals surface area contributed by atoms with E-state index in [9.17, 15) is 8.42 Å². The van der Waals surface area contributed by atoms with E-state index in [2.05, 4.69) is 4.98 Å². The second-order valence-electron chi connectivity index (χ2n) is 3.75. The Labute approximate surface area is 107 Å². The van der Waals surface area contributed by atoms with Crippen LogP contribution in [0.5, 0.6) is 0 Å². The summed E-state index contributed by atoms with van der Waals surface area (Å²) in [6.45, 7) is 0.302. The first-order valence-corrected chi connectivity index (χ1v) is 7.04. The van der Waals surface area contributed by atoms with Gasteiger partial charge in [0, 0.05) is 24.5 Å². The molecule has 0 aliphatic carbocycles. The van der Waals surface area contributed by atoms with Crippen molar-refractivity contribution >= 4 is 10.0 Å². The molecule has 2 rings (SSSR count). The van der Waals surface area contributed by atoms with Crippen LogP contribution in [-0.4, -0.2) is 23.7 Å². The molecule has 0 saturated heterocycles. The standard InChI is InChI=1S/C12H13N3O2S/c1-13-18(16,17)10-9-15-8-7-14-12(15)11-5-3-2-4-6-11/h1-8,13H,9-10H2. The molecular formula is C12H13N3O2S. The maximum Gasteiger partial charge on any atom is 0.213 e. The van der Waals surface area contributed by atoms with E-state index in [1.807, 2.05) is 30.3 Å². The van der Waals surface area contributed by atoms with E-state index in [1.165, 1.54) is 0 Å². The van der Waals surface area contributed by atoms with Crippen LogP contribution in [0.4, 0.5) is 0 Å². The molecule has 0 unspecified atom stereocenters. The monoisotopic (exact) mass is 263 g/mol. The summed E-state index contributed by atoms with van der Waals surface area (Å²) in [6.07, 6.45) is 3.39. The van der Waals surface area contributed by atoms with Crippen LogP contribution in [0.2, 0.25) is 0 Å². The van der Waals surface area contributed by atoms with E-state index >= 15 is 0 Å². The van der Waals surface area contributed by atoms with Gasteiger partial charge in [0.05, 0.1) is 12.8 Å². The third kappa shape index (κ3) is 2.96. The molecule has 0 spiro atoms. The predicted molar refractivity (Wildman–Crippen MR) is 68.9 cm³/mol. The van der Waals surface area contributed by atoms with Gasteiger partial charge in [0.2, 0.25) is 10.0 Å². The lowest BCUT2D eigenvalue weighted by atomic mass is 10.2. The highest BCUT2D eigenvalue weighted by Gasteiger charge is 2.10. The van der Waals surface area contributed by atoms with Gasteiger partial charge in [0.15, 0.2) is 0 Å². The van der Waals surface area contributed by atoms with Crippen LogP contribution in [0, 0.1) is 7.05 Å². The number of imidazole rings is 1. The number of rotatable bonds is 5. The van der Waals surface area contributed by atoms with Crippen LogP contribution in [0.15, 0.2) is 42.7 Å². The average Bonchev–Trinajstić information content (AvgIpc) is 2.86. The first kappa shape index (κ1) is 12.8. The lowest BCUT2D eigenvalue weighted by Crippen LogP contribution is -2.23. The predicted octanol–water partition coefficient (Wildman–Crippen LogP) is 1.14. The van der Waals surface area contributed by atoms with Gasteiger partial charge in [0.25, 0.3) is 0 Å². The molecular weight excluding hydrogens is 250 g/mol. The normalized spacial score (nSPS) is 11.6. The molecule has 0 aliphatic rings. The molecule has 18 heavy (non-hydrogen) atoms. The van der Waals surface area contributed by atoms with Crippen LogP contribution >= 0.6 is 0 Å². The summed E-state index contributed by atoms with van der Waals surface area (Å²) in [5.41, 5.74) is 0.945.